The number of amides is 2. The molecule has 4 aromatic carbocycles. The molecule has 5 nitrogen and oxygen atoms in total. The van der Waals surface area contributed by atoms with Gasteiger partial charge < -0.3 is 10.1 Å². The van der Waals surface area contributed by atoms with Crippen molar-refractivity contribution in [3.05, 3.63) is 107 Å². The van der Waals surface area contributed by atoms with E-state index >= 15 is 0 Å². The molecular formula is C28H21ClN2O3. The van der Waals surface area contributed by atoms with Crippen LogP contribution in [0.1, 0.15) is 11.1 Å². The zero-order chi connectivity index (χ0) is 23.8. The summed E-state index contributed by atoms with van der Waals surface area (Å²) in [6.45, 7) is 1.79. The molecule has 2 amide bonds. The lowest BCUT2D eigenvalue weighted by molar-refractivity contribution is -0.120. The number of para-hydroxylation sites is 1. The first kappa shape index (κ1) is 21.7. The quantitative estimate of drug-likeness (QED) is 0.354. The Morgan fingerprint density at radius 2 is 1.53 bits per heavy atom. The number of nitrogens with zero attached hydrogens (tertiary/aromatic N) is 1. The Kier molecular flexibility index (Phi) is 5.56. The fourth-order valence-corrected chi connectivity index (χ4v) is 4.44. The van der Waals surface area contributed by atoms with Gasteiger partial charge in [-0.25, -0.2) is 4.90 Å². The van der Waals surface area contributed by atoms with Crippen molar-refractivity contribution in [1.82, 2.24) is 0 Å². The molecule has 0 radical (unpaired) electrons. The van der Waals surface area contributed by atoms with E-state index in [0.29, 0.717) is 27.6 Å². The molecule has 6 heteroatoms. The van der Waals surface area contributed by atoms with Crippen molar-refractivity contribution in [2.45, 2.75) is 6.92 Å². The monoisotopic (exact) mass is 468 g/mol. The zero-order valence-corrected chi connectivity index (χ0v) is 19.4. The van der Waals surface area contributed by atoms with Gasteiger partial charge in [-0.2, -0.15) is 0 Å². The highest BCUT2D eigenvalue weighted by Crippen LogP contribution is 2.39. The van der Waals surface area contributed by atoms with Gasteiger partial charge >= 0.3 is 0 Å². The molecule has 168 valence electrons. The Morgan fingerprint density at radius 3 is 2.35 bits per heavy atom. The summed E-state index contributed by atoms with van der Waals surface area (Å²) in [6.07, 6.45) is 0. The van der Waals surface area contributed by atoms with Gasteiger partial charge in [0.05, 0.1) is 18.4 Å². The molecule has 1 aliphatic heterocycles. The van der Waals surface area contributed by atoms with Crippen molar-refractivity contribution >= 4 is 51.1 Å². The van der Waals surface area contributed by atoms with E-state index < -0.39 is 11.8 Å². The Balaban J connectivity index is 1.71. The number of hydrogen-bond acceptors (Lipinski definition) is 4. The van der Waals surface area contributed by atoms with Gasteiger partial charge in [0.25, 0.3) is 11.8 Å². The molecule has 0 spiro atoms. The summed E-state index contributed by atoms with van der Waals surface area (Å²) in [5, 5.41) is 5.71. The lowest BCUT2D eigenvalue weighted by Gasteiger charge is -2.18. The Bertz CT molecular complexity index is 1490. The predicted molar refractivity (Wildman–Crippen MR) is 136 cm³/mol. The van der Waals surface area contributed by atoms with E-state index in [2.05, 4.69) is 5.32 Å². The predicted octanol–water partition coefficient (Wildman–Crippen LogP) is 6.21. The maximum absolute atomic E-state index is 13.8. The molecule has 0 saturated heterocycles. The highest BCUT2D eigenvalue weighted by molar-refractivity contribution is 6.47. The smallest absolute Gasteiger partial charge is 0.282 e. The number of hydrogen-bond donors (Lipinski definition) is 1. The van der Waals surface area contributed by atoms with Gasteiger partial charge in [-0.15, -0.1) is 0 Å². The minimum absolute atomic E-state index is 0.185. The van der Waals surface area contributed by atoms with Crippen LogP contribution >= 0.6 is 11.6 Å². The number of fused-ring (bicyclic) bond motifs is 1. The van der Waals surface area contributed by atoms with Crippen molar-refractivity contribution in [2.24, 2.45) is 0 Å². The van der Waals surface area contributed by atoms with Crippen LogP contribution in [0.2, 0.25) is 5.02 Å². The summed E-state index contributed by atoms with van der Waals surface area (Å²) in [5.74, 6) is -0.396. The van der Waals surface area contributed by atoms with Crippen molar-refractivity contribution in [3.63, 3.8) is 0 Å². The zero-order valence-electron chi connectivity index (χ0n) is 18.6. The second-order valence-corrected chi connectivity index (χ2v) is 8.34. The van der Waals surface area contributed by atoms with Gasteiger partial charge in [-0.1, -0.05) is 72.3 Å². The number of rotatable bonds is 5. The molecule has 0 unspecified atom stereocenters. The topological polar surface area (TPSA) is 58.6 Å². The first-order valence-corrected chi connectivity index (χ1v) is 11.2. The summed E-state index contributed by atoms with van der Waals surface area (Å²) in [7, 11) is 1.54. The Morgan fingerprint density at radius 1 is 0.824 bits per heavy atom. The molecule has 0 aromatic heterocycles. The van der Waals surface area contributed by atoms with Crippen LogP contribution in [-0.4, -0.2) is 18.9 Å². The van der Waals surface area contributed by atoms with Crippen molar-refractivity contribution in [2.75, 3.05) is 17.3 Å². The summed E-state index contributed by atoms with van der Waals surface area (Å²) in [6, 6.07) is 26.0. The average Bonchev–Trinajstić information content (AvgIpc) is 3.10. The Hall–Kier alpha value is -4.09. The molecule has 0 atom stereocenters. The first-order valence-electron chi connectivity index (χ1n) is 10.8. The third-order valence-corrected chi connectivity index (χ3v) is 6.40. The second kappa shape index (κ2) is 8.69. The molecular weight excluding hydrogens is 448 g/mol. The van der Waals surface area contributed by atoms with Crippen LogP contribution in [0.15, 0.2) is 90.6 Å². The highest BCUT2D eigenvalue weighted by Gasteiger charge is 2.42. The minimum atomic E-state index is -0.454. The fourth-order valence-electron chi connectivity index (χ4n) is 4.27. The first-order chi connectivity index (χ1) is 16.5. The molecule has 0 bridgehead atoms. The van der Waals surface area contributed by atoms with Gasteiger partial charge in [0.1, 0.15) is 11.4 Å². The largest absolute Gasteiger partial charge is 0.496 e. The van der Waals surface area contributed by atoms with E-state index in [9.17, 15) is 9.59 Å². The number of methoxy groups -OCH3 is 1. The molecule has 4 aromatic rings. The number of benzene rings is 4. The van der Waals surface area contributed by atoms with E-state index in [1.54, 1.807) is 37.3 Å². The van der Waals surface area contributed by atoms with Gasteiger partial charge in [0.2, 0.25) is 0 Å². The second-order valence-electron chi connectivity index (χ2n) is 7.93. The van der Waals surface area contributed by atoms with E-state index in [0.717, 1.165) is 16.5 Å². The maximum atomic E-state index is 13.8. The standard InChI is InChI=1S/C28H21ClN2O3/c1-17-21(29)13-8-15-23(17)31-27(32)25(20-12-5-6-16-24(20)34-2)26(28(31)33)30-22-14-7-10-18-9-3-4-11-19(18)22/h3-16,30H,1-2H3. The van der Waals surface area contributed by atoms with Crippen LogP contribution in [0, 0.1) is 6.92 Å². The molecule has 5 rings (SSSR count). The van der Waals surface area contributed by atoms with Crippen LogP contribution in [0.4, 0.5) is 11.4 Å². The minimum Gasteiger partial charge on any atom is -0.496 e. The van der Waals surface area contributed by atoms with E-state index in [1.165, 1.54) is 12.0 Å². The lowest BCUT2D eigenvalue weighted by Crippen LogP contribution is -2.33. The molecule has 1 N–H and O–H groups in total. The van der Waals surface area contributed by atoms with E-state index in [4.69, 9.17) is 16.3 Å². The van der Waals surface area contributed by atoms with Crippen LogP contribution < -0.4 is 15.0 Å². The van der Waals surface area contributed by atoms with E-state index in [-0.39, 0.29) is 11.3 Å². The van der Waals surface area contributed by atoms with E-state index in [1.807, 2.05) is 54.6 Å². The number of carbonyl (C=O) groups is 2. The molecule has 0 saturated carbocycles. The molecule has 1 aliphatic rings. The van der Waals surface area contributed by atoms with Crippen molar-refractivity contribution < 1.29 is 14.3 Å². The molecule has 34 heavy (non-hydrogen) atoms. The number of ether oxygens (including phenoxy) is 1. The summed E-state index contributed by atoms with van der Waals surface area (Å²) < 4.78 is 5.53. The number of carbonyl (C=O) groups excluding carboxylic acids is 2. The summed E-state index contributed by atoms with van der Waals surface area (Å²) in [5.41, 5.74) is 2.79. The van der Waals surface area contributed by atoms with Gasteiger partial charge in [-0.05, 0) is 42.1 Å². The van der Waals surface area contributed by atoms with Crippen molar-refractivity contribution in [1.29, 1.82) is 0 Å². The van der Waals surface area contributed by atoms with Gasteiger partial charge in [0.15, 0.2) is 0 Å². The molecule has 1 heterocycles. The molecule has 0 aliphatic carbocycles. The summed E-state index contributed by atoms with van der Waals surface area (Å²) in [4.78, 5) is 28.8. The fraction of sp³-hybridized carbons (Fsp3) is 0.0714. The number of nitrogens with one attached hydrogen (secondary N) is 1. The van der Waals surface area contributed by atoms with Crippen molar-refractivity contribution in [3.8, 4) is 5.75 Å². The normalized spacial score (nSPS) is 13.7. The SMILES string of the molecule is COc1ccccc1C1=C(Nc2cccc3ccccc23)C(=O)N(c2cccc(Cl)c2C)C1=O. The number of imide groups is 1. The highest BCUT2D eigenvalue weighted by atomic mass is 35.5. The Labute approximate surface area is 202 Å². The van der Waals surface area contributed by atoms with Crippen LogP contribution in [0.5, 0.6) is 5.75 Å². The number of anilines is 2. The lowest BCUT2D eigenvalue weighted by atomic mass is 10.0. The van der Waals surface area contributed by atoms with Crippen LogP contribution in [-0.2, 0) is 9.59 Å². The van der Waals surface area contributed by atoms with Gasteiger partial charge in [0, 0.05) is 21.7 Å². The maximum Gasteiger partial charge on any atom is 0.282 e. The van der Waals surface area contributed by atoms with Crippen LogP contribution in [0.25, 0.3) is 16.3 Å². The third-order valence-electron chi connectivity index (χ3n) is 5.99. The molecule has 0 fully saturated rings. The third kappa shape index (κ3) is 3.51. The summed E-state index contributed by atoms with van der Waals surface area (Å²) >= 11 is 6.32. The average molecular weight is 469 g/mol. The van der Waals surface area contributed by atoms with Gasteiger partial charge in [-0.3, -0.25) is 9.59 Å². The number of halogens is 1. The van der Waals surface area contributed by atoms with Crippen LogP contribution in [0.3, 0.4) is 0 Å².